The van der Waals surface area contributed by atoms with Crippen molar-refractivity contribution in [2.24, 2.45) is 5.92 Å². The number of nitrogens with one attached hydrogen (secondary N) is 4. The Bertz CT molecular complexity index is 947. The van der Waals surface area contributed by atoms with Crippen molar-refractivity contribution >= 4 is 42.4 Å². The molecule has 1 fully saturated rings. The van der Waals surface area contributed by atoms with Crippen molar-refractivity contribution in [3.8, 4) is 37.0 Å². The Balaban J connectivity index is 3.09. The fourth-order valence-electron chi connectivity index (χ4n) is 4.41. The van der Waals surface area contributed by atoms with Gasteiger partial charge in [-0.3, -0.25) is 23.7 Å². The molecule has 0 aromatic heterocycles. The summed E-state index contributed by atoms with van der Waals surface area (Å²) >= 11 is 3.99. The second-order valence-electron chi connectivity index (χ2n) is 9.59. The first-order valence-electron chi connectivity index (χ1n) is 12.8. The van der Waals surface area contributed by atoms with Crippen LogP contribution in [0.2, 0.25) is 0 Å². The minimum absolute atomic E-state index is 0.0220. The summed E-state index contributed by atoms with van der Waals surface area (Å²) in [7, 11) is 0. The zero-order valence-electron chi connectivity index (χ0n) is 22.4. The van der Waals surface area contributed by atoms with Gasteiger partial charge in [0.15, 0.2) is 0 Å². The van der Waals surface area contributed by atoms with Crippen LogP contribution in [-0.4, -0.2) is 61.6 Å². The largest absolute Gasteiger partial charge is 0.350 e. The van der Waals surface area contributed by atoms with Crippen molar-refractivity contribution in [3.63, 3.8) is 0 Å². The number of hydrogen-bond acceptors (Lipinski definition) is 6. The van der Waals surface area contributed by atoms with Gasteiger partial charge in [-0.2, -0.15) is 0 Å². The molecule has 0 heterocycles. The maximum atomic E-state index is 13.5. The van der Waals surface area contributed by atoms with Gasteiger partial charge in [0.1, 0.15) is 0 Å². The molecule has 1 aliphatic rings. The zero-order chi connectivity index (χ0) is 29.3. The molecule has 0 radical (unpaired) electrons. The van der Waals surface area contributed by atoms with Gasteiger partial charge in [0, 0.05) is 37.4 Å². The third-order valence-corrected chi connectivity index (χ3v) is 7.40. The number of amides is 4. The smallest absolute Gasteiger partial charge is 0.252 e. The Morgan fingerprint density at radius 2 is 1.21 bits per heavy atom. The SMILES string of the molecule is C#CCNC(=O)CCC(CCC(=O)NCC#C)(CCC(=O)NCC#C)NC(=O)[C@H]1CC[C@@H](OP(C)(=O)S)CC1. The molecule has 1 atom stereocenters. The number of carbonyl (C=O) groups excluding carboxylic acids is 4. The molecule has 10 nitrogen and oxygen atoms in total. The van der Waals surface area contributed by atoms with E-state index < -0.39 is 12.1 Å². The summed E-state index contributed by atoms with van der Waals surface area (Å²) in [6.45, 7) is -1.34. The second-order valence-corrected chi connectivity index (χ2v) is 13.6. The standard InChI is InChI=1S/C27H39N4O6PS/c1-5-18-28-23(32)12-15-27(16-13-24(33)29-19-6-2,17-14-25(34)30-20-7-3)31-26(35)21-8-10-22(11-9-21)37-38(4,36)39/h1-3,21-22H,8-20H2,4H3,(H,28,32)(H,29,33)(H,30,34)(H,31,35)(H,36,39)/t21-,22+,38?. The highest BCUT2D eigenvalue weighted by atomic mass is 32.7. The summed E-state index contributed by atoms with van der Waals surface area (Å²) in [5.41, 5.74) is -1.04. The van der Waals surface area contributed by atoms with E-state index in [0.29, 0.717) is 25.7 Å². The number of rotatable bonds is 16. The number of terminal acetylenes is 3. The highest BCUT2D eigenvalue weighted by molar-refractivity contribution is 8.46. The van der Waals surface area contributed by atoms with Gasteiger partial charge in [0.05, 0.1) is 25.7 Å². The molecular weight excluding hydrogens is 539 g/mol. The van der Waals surface area contributed by atoms with Gasteiger partial charge >= 0.3 is 0 Å². The molecule has 4 amide bonds. The second kappa shape index (κ2) is 17.6. The number of thiol groups is 1. The lowest BCUT2D eigenvalue weighted by Gasteiger charge is -2.37. The van der Waals surface area contributed by atoms with E-state index >= 15 is 0 Å². The van der Waals surface area contributed by atoms with Crippen LogP contribution in [-0.2, 0) is 28.3 Å². The van der Waals surface area contributed by atoms with E-state index in [9.17, 15) is 23.7 Å². The monoisotopic (exact) mass is 578 g/mol. The average Bonchev–Trinajstić information content (AvgIpc) is 2.89. The van der Waals surface area contributed by atoms with Crippen LogP contribution in [0.25, 0.3) is 0 Å². The van der Waals surface area contributed by atoms with Crippen LogP contribution < -0.4 is 21.3 Å². The predicted molar refractivity (Wildman–Crippen MR) is 153 cm³/mol. The van der Waals surface area contributed by atoms with E-state index in [1.54, 1.807) is 0 Å². The first-order valence-corrected chi connectivity index (χ1v) is 16.1. The molecule has 1 rings (SSSR count). The Hall–Kier alpha value is -2.90. The zero-order valence-corrected chi connectivity index (χ0v) is 24.2. The Morgan fingerprint density at radius 1 is 0.821 bits per heavy atom. The molecule has 0 aromatic carbocycles. The molecule has 0 spiro atoms. The maximum absolute atomic E-state index is 13.5. The molecular formula is C27H39N4O6PS. The Kier molecular flexibility index (Phi) is 15.4. The molecule has 1 unspecified atom stereocenters. The highest BCUT2D eigenvalue weighted by Gasteiger charge is 2.37. The minimum atomic E-state index is -2.95. The van der Waals surface area contributed by atoms with Crippen LogP contribution in [0.1, 0.15) is 64.2 Å². The lowest BCUT2D eigenvalue weighted by molar-refractivity contribution is -0.131. The quantitative estimate of drug-likeness (QED) is 0.107. The van der Waals surface area contributed by atoms with E-state index in [2.05, 4.69) is 51.3 Å². The predicted octanol–water partition coefficient (Wildman–Crippen LogP) is 1.76. The molecule has 1 aliphatic carbocycles. The molecule has 0 bridgehead atoms. The summed E-state index contributed by atoms with van der Waals surface area (Å²) < 4.78 is 17.4. The molecule has 0 saturated heterocycles. The number of carbonyl (C=O) groups is 4. The van der Waals surface area contributed by atoms with Gasteiger partial charge in [0.25, 0.3) is 6.57 Å². The molecule has 1 saturated carbocycles. The average molecular weight is 579 g/mol. The lowest BCUT2D eigenvalue weighted by atomic mass is 9.81. The van der Waals surface area contributed by atoms with Crippen molar-refractivity contribution in [2.75, 3.05) is 26.3 Å². The molecule has 214 valence electrons. The van der Waals surface area contributed by atoms with E-state index in [1.807, 2.05) is 0 Å². The van der Waals surface area contributed by atoms with E-state index in [-0.39, 0.29) is 93.8 Å². The van der Waals surface area contributed by atoms with Crippen molar-refractivity contribution in [3.05, 3.63) is 0 Å². The fraction of sp³-hybridized carbons (Fsp3) is 0.630. The summed E-state index contributed by atoms with van der Waals surface area (Å²) in [6.07, 6.45) is 18.1. The first kappa shape index (κ1) is 34.1. The van der Waals surface area contributed by atoms with E-state index in [1.165, 1.54) is 6.66 Å². The van der Waals surface area contributed by atoms with Gasteiger partial charge in [-0.05, 0) is 44.9 Å². The summed E-state index contributed by atoms with van der Waals surface area (Å²) in [4.78, 5) is 50.6. The van der Waals surface area contributed by atoms with Crippen LogP contribution in [0.15, 0.2) is 0 Å². The molecule has 39 heavy (non-hydrogen) atoms. The van der Waals surface area contributed by atoms with Gasteiger partial charge in [0.2, 0.25) is 23.6 Å². The maximum Gasteiger partial charge on any atom is 0.252 e. The van der Waals surface area contributed by atoms with Crippen molar-refractivity contribution < 1.29 is 28.3 Å². The topological polar surface area (TPSA) is 143 Å². The minimum Gasteiger partial charge on any atom is -0.350 e. The first-order chi connectivity index (χ1) is 18.4. The molecule has 12 heteroatoms. The van der Waals surface area contributed by atoms with Gasteiger partial charge in [-0.25, -0.2) is 0 Å². The van der Waals surface area contributed by atoms with E-state index in [4.69, 9.17) is 23.8 Å². The third-order valence-electron chi connectivity index (χ3n) is 6.43. The van der Waals surface area contributed by atoms with E-state index in [0.717, 1.165) is 0 Å². The number of hydrogen-bond donors (Lipinski definition) is 5. The molecule has 4 N–H and O–H groups in total. The summed E-state index contributed by atoms with van der Waals surface area (Å²) in [5.74, 6) is 5.49. The van der Waals surface area contributed by atoms with Gasteiger partial charge in [-0.1, -0.05) is 30.0 Å². The summed E-state index contributed by atoms with van der Waals surface area (Å²) in [5, 5.41) is 10.9. The van der Waals surface area contributed by atoms with Crippen LogP contribution in [0.4, 0.5) is 0 Å². The van der Waals surface area contributed by atoms with Crippen molar-refractivity contribution in [1.29, 1.82) is 0 Å². The van der Waals surface area contributed by atoms with Crippen LogP contribution in [0.5, 0.6) is 0 Å². The highest BCUT2D eigenvalue weighted by Crippen LogP contribution is 2.50. The van der Waals surface area contributed by atoms with Crippen molar-refractivity contribution in [1.82, 2.24) is 21.3 Å². The Morgan fingerprint density at radius 3 is 1.54 bits per heavy atom. The lowest BCUT2D eigenvalue weighted by Crippen LogP contribution is -2.52. The molecule has 0 aliphatic heterocycles. The summed E-state index contributed by atoms with van der Waals surface area (Å²) in [6, 6.07) is 0. The van der Waals surface area contributed by atoms with Crippen LogP contribution in [0, 0.1) is 42.9 Å². The van der Waals surface area contributed by atoms with Crippen molar-refractivity contribution in [2.45, 2.75) is 75.9 Å². The fourth-order valence-corrected chi connectivity index (χ4v) is 5.57. The third kappa shape index (κ3) is 14.7. The van der Waals surface area contributed by atoms with Crippen LogP contribution >= 0.6 is 18.8 Å². The normalized spacial score (nSPS) is 18.2. The molecule has 0 aromatic rings. The Labute approximate surface area is 236 Å². The van der Waals surface area contributed by atoms with Gasteiger partial charge < -0.3 is 25.8 Å². The van der Waals surface area contributed by atoms with Crippen LogP contribution in [0.3, 0.4) is 0 Å². The van der Waals surface area contributed by atoms with Gasteiger partial charge in [-0.15, -0.1) is 19.3 Å².